The van der Waals surface area contributed by atoms with Gasteiger partial charge in [-0.05, 0) is 38.0 Å². The smallest absolute Gasteiger partial charge is 0.0630 e. The second-order valence-electron chi connectivity index (χ2n) is 5.06. The SMILES string of the molecule is CCc1ccc(CC(O)Cc2c(C)nn(C)c2C)s1. The Morgan fingerprint density at radius 1 is 1.26 bits per heavy atom. The predicted molar refractivity (Wildman–Crippen MR) is 79.8 cm³/mol. The summed E-state index contributed by atoms with van der Waals surface area (Å²) in [4.78, 5) is 2.65. The summed E-state index contributed by atoms with van der Waals surface area (Å²) in [6.07, 6.45) is 2.16. The van der Waals surface area contributed by atoms with Crippen LogP contribution in [0.1, 0.15) is 33.6 Å². The first-order chi connectivity index (χ1) is 9.01. The molecule has 4 heteroatoms. The van der Waals surface area contributed by atoms with Crippen LogP contribution in [-0.4, -0.2) is 21.0 Å². The van der Waals surface area contributed by atoms with Gasteiger partial charge in [0, 0.05) is 35.3 Å². The first-order valence-corrected chi connectivity index (χ1v) is 7.57. The molecule has 104 valence electrons. The third kappa shape index (κ3) is 3.25. The third-order valence-electron chi connectivity index (χ3n) is 3.60. The number of rotatable bonds is 5. The van der Waals surface area contributed by atoms with Crippen molar-refractivity contribution in [3.63, 3.8) is 0 Å². The van der Waals surface area contributed by atoms with Crippen molar-refractivity contribution in [2.45, 2.75) is 46.1 Å². The number of aliphatic hydroxyl groups excluding tert-OH is 1. The number of aromatic nitrogens is 2. The lowest BCUT2D eigenvalue weighted by Crippen LogP contribution is -2.14. The Balaban J connectivity index is 2.02. The van der Waals surface area contributed by atoms with Gasteiger partial charge in [0.1, 0.15) is 0 Å². The van der Waals surface area contributed by atoms with Gasteiger partial charge in [-0.2, -0.15) is 5.10 Å². The molecule has 0 saturated carbocycles. The van der Waals surface area contributed by atoms with Crippen LogP contribution >= 0.6 is 11.3 Å². The maximum absolute atomic E-state index is 10.3. The number of aliphatic hydroxyl groups is 1. The van der Waals surface area contributed by atoms with Crippen molar-refractivity contribution in [1.29, 1.82) is 0 Å². The van der Waals surface area contributed by atoms with E-state index in [0.717, 1.165) is 24.2 Å². The molecule has 2 aromatic heterocycles. The number of aryl methyl sites for hydroxylation is 3. The summed E-state index contributed by atoms with van der Waals surface area (Å²) in [7, 11) is 1.95. The van der Waals surface area contributed by atoms with Crippen molar-refractivity contribution in [1.82, 2.24) is 9.78 Å². The summed E-state index contributed by atoms with van der Waals surface area (Å²) < 4.78 is 1.89. The van der Waals surface area contributed by atoms with Gasteiger partial charge in [-0.25, -0.2) is 0 Å². The Labute approximate surface area is 118 Å². The highest BCUT2D eigenvalue weighted by Crippen LogP contribution is 2.21. The molecule has 0 aromatic carbocycles. The zero-order chi connectivity index (χ0) is 14.0. The third-order valence-corrected chi connectivity index (χ3v) is 4.85. The Bertz CT molecular complexity index is 556. The van der Waals surface area contributed by atoms with Gasteiger partial charge in [-0.15, -0.1) is 11.3 Å². The van der Waals surface area contributed by atoms with Gasteiger partial charge in [-0.3, -0.25) is 4.68 Å². The van der Waals surface area contributed by atoms with Crippen molar-refractivity contribution in [2.24, 2.45) is 7.05 Å². The van der Waals surface area contributed by atoms with E-state index in [9.17, 15) is 5.11 Å². The monoisotopic (exact) mass is 278 g/mol. The van der Waals surface area contributed by atoms with Crippen LogP contribution in [0.15, 0.2) is 12.1 Å². The minimum atomic E-state index is -0.329. The zero-order valence-electron chi connectivity index (χ0n) is 12.1. The number of thiophene rings is 1. The van der Waals surface area contributed by atoms with E-state index < -0.39 is 0 Å². The van der Waals surface area contributed by atoms with Crippen molar-refractivity contribution in [3.8, 4) is 0 Å². The molecule has 0 spiro atoms. The molecule has 19 heavy (non-hydrogen) atoms. The van der Waals surface area contributed by atoms with E-state index in [2.05, 4.69) is 31.1 Å². The molecule has 0 bridgehead atoms. The van der Waals surface area contributed by atoms with E-state index >= 15 is 0 Å². The van der Waals surface area contributed by atoms with E-state index in [-0.39, 0.29) is 6.10 Å². The number of hydrogen-bond acceptors (Lipinski definition) is 3. The van der Waals surface area contributed by atoms with E-state index in [1.807, 2.05) is 18.7 Å². The van der Waals surface area contributed by atoms with Crippen LogP contribution in [0.5, 0.6) is 0 Å². The lowest BCUT2D eigenvalue weighted by atomic mass is 10.0. The molecular formula is C15H22N2OS. The maximum Gasteiger partial charge on any atom is 0.0630 e. The van der Waals surface area contributed by atoms with Crippen LogP contribution in [0, 0.1) is 13.8 Å². The van der Waals surface area contributed by atoms with E-state index in [1.54, 1.807) is 11.3 Å². The zero-order valence-corrected chi connectivity index (χ0v) is 12.9. The normalized spacial score (nSPS) is 12.9. The highest BCUT2D eigenvalue weighted by molar-refractivity contribution is 7.11. The van der Waals surface area contributed by atoms with Crippen LogP contribution < -0.4 is 0 Å². The Hall–Kier alpha value is -1.13. The van der Waals surface area contributed by atoms with Crippen LogP contribution in [0.3, 0.4) is 0 Å². The maximum atomic E-state index is 10.3. The second-order valence-corrected chi connectivity index (χ2v) is 6.31. The molecule has 1 atom stereocenters. The molecule has 0 aliphatic heterocycles. The fraction of sp³-hybridized carbons (Fsp3) is 0.533. The topological polar surface area (TPSA) is 38.1 Å². The van der Waals surface area contributed by atoms with Crippen LogP contribution in [0.4, 0.5) is 0 Å². The van der Waals surface area contributed by atoms with Crippen LogP contribution in [0.25, 0.3) is 0 Å². The molecular weight excluding hydrogens is 256 g/mol. The molecule has 0 amide bonds. The second kappa shape index (κ2) is 5.88. The molecule has 0 aliphatic rings. The van der Waals surface area contributed by atoms with Gasteiger partial charge in [0.2, 0.25) is 0 Å². The van der Waals surface area contributed by atoms with Gasteiger partial charge >= 0.3 is 0 Å². The standard InChI is InChI=1S/C15H22N2OS/c1-5-13-6-7-14(19-13)8-12(18)9-15-10(2)16-17(4)11(15)3/h6-7,12,18H,5,8-9H2,1-4H3. The summed E-state index contributed by atoms with van der Waals surface area (Å²) >= 11 is 1.80. The lowest BCUT2D eigenvalue weighted by molar-refractivity contribution is 0.176. The van der Waals surface area contributed by atoms with Crippen molar-refractivity contribution >= 4 is 11.3 Å². The summed E-state index contributed by atoms with van der Waals surface area (Å²) in [5, 5.41) is 14.7. The average molecular weight is 278 g/mol. The molecule has 0 fully saturated rings. The van der Waals surface area contributed by atoms with Crippen molar-refractivity contribution in [3.05, 3.63) is 38.8 Å². The van der Waals surface area contributed by atoms with Gasteiger partial charge in [-0.1, -0.05) is 6.92 Å². The van der Waals surface area contributed by atoms with Gasteiger partial charge in [0.05, 0.1) is 11.8 Å². The first-order valence-electron chi connectivity index (χ1n) is 6.76. The summed E-state index contributed by atoms with van der Waals surface area (Å²) in [5.74, 6) is 0. The highest BCUT2D eigenvalue weighted by Gasteiger charge is 2.15. The fourth-order valence-corrected chi connectivity index (χ4v) is 3.40. The largest absolute Gasteiger partial charge is 0.392 e. The molecule has 1 unspecified atom stereocenters. The van der Waals surface area contributed by atoms with Crippen molar-refractivity contribution in [2.75, 3.05) is 0 Å². The molecule has 0 aliphatic carbocycles. The quantitative estimate of drug-likeness (QED) is 0.913. The lowest BCUT2D eigenvalue weighted by Gasteiger charge is -2.09. The minimum absolute atomic E-state index is 0.329. The summed E-state index contributed by atoms with van der Waals surface area (Å²) in [5.41, 5.74) is 3.36. The first kappa shape index (κ1) is 14.3. The minimum Gasteiger partial charge on any atom is -0.392 e. The van der Waals surface area contributed by atoms with Crippen LogP contribution in [0.2, 0.25) is 0 Å². The summed E-state index contributed by atoms with van der Waals surface area (Å²) in [6, 6.07) is 4.29. The van der Waals surface area contributed by atoms with Crippen molar-refractivity contribution < 1.29 is 5.11 Å². The molecule has 2 rings (SSSR count). The Morgan fingerprint density at radius 2 is 1.95 bits per heavy atom. The van der Waals surface area contributed by atoms with Crippen LogP contribution in [-0.2, 0) is 26.3 Å². The molecule has 2 aromatic rings. The fourth-order valence-electron chi connectivity index (χ4n) is 2.37. The summed E-state index contributed by atoms with van der Waals surface area (Å²) in [6.45, 7) is 6.23. The van der Waals surface area contributed by atoms with E-state index in [4.69, 9.17) is 0 Å². The molecule has 2 heterocycles. The van der Waals surface area contributed by atoms with Gasteiger partial charge in [0.15, 0.2) is 0 Å². The highest BCUT2D eigenvalue weighted by atomic mass is 32.1. The number of hydrogen-bond donors (Lipinski definition) is 1. The Morgan fingerprint density at radius 3 is 2.47 bits per heavy atom. The molecule has 1 N–H and O–H groups in total. The van der Waals surface area contributed by atoms with E-state index in [0.29, 0.717) is 6.42 Å². The number of nitrogens with zero attached hydrogens (tertiary/aromatic N) is 2. The average Bonchev–Trinajstić information content (AvgIpc) is 2.90. The molecule has 0 radical (unpaired) electrons. The van der Waals surface area contributed by atoms with Gasteiger partial charge in [0.25, 0.3) is 0 Å². The molecule has 3 nitrogen and oxygen atoms in total. The predicted octanol–water partition coefficient (Wildman–Crippen LogP) is 2.81. The van der Waals surface area contributed by atoms with Gasteiger partial charge < -0.3 is 5.11 Å². The molecule has 0 saturated heterocycles. The van der Waals surface area contributed by atoms with E-state index in [1.165, 1.54) is 15.3 Å². The Kier molecular flexibility index (Phi) is 4.42.